The summed E-state index contributed by atoms with van der Waals surface area (Å²) in [5.74, 6) is 0. The van der Waals surface area contributed by atoms with Gasteiger partial charge in [0.2, 0.25) is 0 Å². The first-order valence-electron chi connectivity index (χ1n) is 4.77. The Balaban J connectivity index is 1.81. The van der Waals surface area contributed by atoms with Crippen LogP contribution in [0.15, 0.2) is 36.8 Å². The van der Waals surface area contributed by atoms with Crippen molar-refractivity contribution in [1.82, 2.24) is 15.3 Å². The lowest BCUT2D eigenvalue weighted by molar-refractivity contribution is 0.682. The molecule has 4 heteroatoms. The number of H-pyrrole nitrogens is 1. The molecule has 1 aromatic heterocycles. The maximum absolute atomic E-state index is 5.79. The molecule has 0 fully saturated rings. The summed E-state index contributed by atoms with van der Waals surface area (Å²) in [6.07, 6.45) is 3.49. The minimum atomic E-state index is 0.771. The van der Waals surface area contributed by atoms with Crippen LogP contribution in [0.25, 0.3) is 0 Å². The molecular formula is C11H12ClN3. The van der Waals surface area contributed by atoms with Crippen molar-refractivity contribution in [3.63, 3.8) is 0 Å². The third-order valence-corrected chi connectivity index (χ3v) is 2.36. The normalized spacial score (nSPS) is 10.5. The second-order valence-corrected chi connectivity index (χ2v) is 3.74. The minimum absolute atomic E-state index is 0.771. The summed E-state index contributed by atoms with van der Waals surface area (Å²) in [7, 11) is 0. The van der Waals surface area contributed by atoms with Crippen molar-refractivity contribution in [2.45, 2.75) is 13.1 Å². The lowest BCUT2D eigenvalue weighted by atomic mass is 10.2. The number of benzene rings is 1. The van der Waals surface area contributed by atoms with E-state index in [2.05, 4.69) is 15.3 Å². The van der Waals surface area contributed by atoms with Crippen molar-refractivity contribution in [2.75, 3.05) is 0 Å². The van der Waals surface area contributed by atoms with Crippen LogP contribution in [0, 0.1) is 0 Å². The van der Waals surface area contributed by atoms with E-state index in [0.29, 0.717) is 0 Å². The number of nitrogens with zero attached hydrogens (tertiary/aromatic N) is 1. The van der Waals surface area contributed by atoms with Crippen LogP contribution in [-0.4, -0.2) is 9.97 Å². The smallest absolute Gasteiger partial charge is 0.0922 e. The van der Waals surface area contributed by atoms with Crippen molar-refractivity contribution in [2.24, 2.45) is 0 Å². The number of aromatic nitrogens is 2. The predicted octanol–water partition coefficient (Wildman–Crippen LogP) is 2.35. The van der Waals surface area contributed by atoms with E-state index in [0.717, 1.165) is 23.8 Å². The molecule has 0 unspecified atom stereocenters. The zero-order valence-electron chi connectivity index (χ0n) is 8.20. The van der Waals surface area contributed by atoms with E-state index in [1.165, 1.54) is 5.56 Å². The molecule has 3 nitrogen and oxygen atoms in total. The predicted molar refractivity (Wildman–Crippen MR) is 60.6 cm³/mol. The summed E-state index contributed by atoms with van der Waals surface area (Å²) < 4.78 is 0. The quantitative estimate of drug-likeness (QED) is 0.832. The van der Waals surface area contributed by atoms with E-state index in [-0.39, 0.29) is 0 Å². The lowest BCUT2D eigenvalue weighted by Crippen LogP contribution is -2.12. The molecular weight excluding hydrogens is 210 g/mol. The molecule has 0 radical (unpaired) electrons. The summed E-state index contributed by atoms with van der Waals surface area (Å²) in [6, 6.07) is 7.83. The topological polar surface area (TPSA) is 40.7 Å². The van der Waals surface area contributed by atoms with Gasteiger partial charge in [0.05, 0.1) is 6.33 Å². The van der Waals surface area contributed by atoms with Gasteiger partial charge in [-0.2, -0.15) is 0 Å². The van der Waals surface area contributed by atoms with Gasteiger partial charge in [0.15, 0.2) is 0 Å². The molecule has 0 saturated heterocycles. The maximum Gasteiger partial charge on any atom is 0.0922 e. The molecule has 0 aliphatic carbocycles. The molecule has 0 aliphatic heterocycles. The number of imidazole rings is 1. The van der Waals surface area contributed by atoms with Crippen LogP contribution < -0.4 is 5.32 Å². The molecule has 1 heterocycles. The van der Waals surface area contributed by atoms with Crippen LogP contribution >= 0.6 is 11.6 Å². The number of rotatable bonds is 4. The van der Waals surface area contributed by atoms with E-state index in [1.54, 1.807) is 6.33 Å². The first kappa shape index (κ1) is 10.2. The van der Waals surface area contributed by atoms with Gasteiger partial charge in [0.1, 0.15) is 0 Å². The van der Waals surface area contributed by atoms with E-state index < -0.39 is 0 Å². The molecule has 0 saturated carbocycles. The molecule has 15 heavy (non-hydrogen) atoms. The number of halogens is 1. The Morgan fingerprint density at radius 2 is 2.00 bits per heavy atom. The van der Waals surface area contributed by atoms with Crippen molar-refractivity contribution >= 4 is 11.6 Å². The standard InChI is InChI=1S/C11H12ClN3/c12-10-3-1-9(2-4-10)5-13-6-11-7-14-8-15-11/h1-4,7-8,13H,5-6H2,(H,14,15). The van der Waals surface area contributed by atoms with Gasteiger partial charge in [-0.1, -0.05) is 23.7 Å². The van der Waals surface area contributed by atoms with Crippen molar-refractivity contribution < 1.29 is 0 Å². The zero-order chi connectivity index (χ0) is 10.5. The third-order valence-electron chi connectivity index (χ3n) is 2.11. The minimum Gasteiger partial charge on any atom is -0.347 e. The largest absolute Gasteiger partial charge is 0.347 e. The summed E-state index contributed by atoms with van der Waals surface area (Å²) in [6.45, 7) is 1.62. The van der Waals surface area contributed by atoms with Gasteiger partial charge in [-0.3, -0.25) is 0 Å². The lowest BCUT2D eigenvalue weighted by Gasteiger charge is -2.03. The van der Waals surface area contributed by atoms with E-state index in [1.807, 2.05) is 30.5 Å². The van der Waals surface area contributed by atoms with Gasteiger partial charge in [0.25, 0.3) is 0 Å². The molecule has 0 aliphatic rings. The first-order chi connectivity index (χ1) is 7.34. The second kappa shape index (κ2) is 4.96. The zero-order valence-corrected chi connectivity index (χ0v) is 8.96. The molecule has 0 bridgehead atoms. The van der Waals surface area contributed by atoms with Gasteiger partial charge >= 0.3 is 0 Å². The second-order valence-electron chi connectivity index (χ2n) is 3.31. The Morgan fingerprint density at radius 3 is 2.67 bits per heavy atom. The Bertz CT molecular complexity index is 394. The van der Waals surface area contributed by atoms with E-state index in [4.69, 9.17) is 11.6 Å². The van der Waals surface area contributed by atoms with Crippen LogP contribution in [0.4, 0.5) is 0 Å². The number of hydrogen-bond acceptors (Lipinski definition) is 2. The van der Waals surface area contributed by atoms with Crippen LogP contribution in [0.3, 0.4) is 0 Å². The van der Waals surface area contributed by atoms with E-state index >= 15 is 0 Å². The van der Waals surface area contributed by atoms with Gasteiger partial charge < -0.3 is 10.3 Å². The van der Waals surface area contributed by atoms with Crippen LogP contribution in [0.5, 0.6) is 0 Å². The Labute approximate surface area is 93.5 Å². The SMILES string of the molecule is Clc1ccc(CNCc2cnc[nH]2)cc1. The molecule has 2 rings (SSSR count). The number of nitrogens with one attached hydrogen (secondary N) is 2. The Hall–Kier alpha value is -1.32. The molecule has 2 aromatic rings. The first-order valence-corrected chi connectivity index (χ1v) is 5.15. The molecule has 0 atom stereocenters. The monoisotopic (exact) mass is 221 g/mol. The Kier molecular flexibility index (Phi) is 3.37. The van der Waals surface area contributed by atoms with Crippen LogP contribution in [-0.2, 0) is 13.1 Å². The molecule has 2 N–H and O–H groups in total. The van der Waals surface area contributed by atoms with Gasteiger partial charge in [-0.15, -0.1) is 0 Å². The summed E-state index contributed by atoms with van der Waals surface area (Å²) in [5.41, 5.74) is 2.31. The molecule has 0 spiro atoms. The van der Waals surface area contributed by atoms with Gasteiger partial charge in [-0.05, 0) is 17.7 Å². The highest BCUT2D eigenvalue weighted by molar-refractivity contribution is 6.30. The fraction of sp³-hybridized carbons (Fsp3) is 0.182. The third kappa shape index (κ3) is 3.08. The summed E-state index contributed by atoms with van der Waals surface area (Å²) >= 11 is 5.79. The fourth-order valence-electron chi connectivity index (χ4n) is 1.33. The Morgan fingerprint density at radius 1 is 1.20 bits per heavy atom. The number of hydrogen-bond donors (Lipinski definition) is 2. The average Bonchev–Trinajstić information content (AvgIpc) is 2.74. The molecule has 1 aromatic carbocycles. The van der Waals surface area contributed by atoms with Crippen molar-refractivity contribution in [1.29, 1.82) is 0 Å². The maximum atomic E-state index is 5.79. The fourth-order valence-corrected chi connectivity index (χ4v) is 1.45. The van der Waals surface area contributed by atoms with Crippen molar-refractivity contribution in [3.05, 3.63) is 53.1 Å². The van der Waals surface area contributed by atoms with Gasteiger partial charge in [0, 0.05) is 30.0 Å². The highest BCUT2D eigenvalue weighted by Crippen LogP contribution is 2.09. The molecule has 0 amide bonds. The summed E-state index contributed by atoms with van der Waals surface area (Å²) in [4.78, 5) is 6.98. The van der Waals surface area contributed by atoms with Crippen LogP contribution in [0.1, 0.15) is 11.3 Å². The van der Waals surface area contributed by atoms with Gasteiger partial charge in [-0.25, -0.2) is 4.98 Å². The van der Waals surface area contributed by atoms with Crippen LogP contribution in [0.2, 0.25) is 5.02 Å². The van der Waals surface area contributed by atoms with Crippen molar-refractivity contribution in [3.8, 4) is 0 Å². The van der Waals surface area contributed by atoms with E-state index in [9.17, 15) is 0 Å². The molecule has 78 valence electrons. The average molecular weight is 222 g/mol. The summed E-state index contributed by atoms with van der Waals surface area (Å²) in [5, 5.41) is 4.08. The highest BCUT2D eigenvalue weighted by atomic mass is 35.5. The highest BCUT2D eigenvalue weighted by Gasteiger charge is 1.94. The number of aromatic amines is 1.